The van der Waals surface area contributed by atoms with Crippen LogP contribution in [0.3, 0.4) is 0 Å². The summed E-state index contributed by atoms with van der Waals surface area (Å²) in [5.41, 5.74) is 3.13. The van der Waals surface area contributed by atoms with Crippen LogP contribution in [-0.4, -0.2) is 99.9 Å². The van der Waals surface area contributed by atoms with Crippen molar-refractivity contribution in [1.29, 1.82) is 0 Å². The third-order valence-corrected chi connectivity index (χ3v) is 6.25. The standard InChI is InChI=1S/C24H48N6O/c1-18(28(4)5)12-25-15-21-10-22(16-26-13-19(2)29(6)7)24(31)23(11-21)17-27-14-20(3)30(8)9/h10-11,18-20,25-27,31H,12-17H2,1-9H3. The molecule has 0 spiro atoms. The largest absolute Gasteiger partial charge is 0.507 e. The number of hydrogen-bond acceptors (Lipinski definition) is 7. The Kier molecular flexibility index (Phi) is 12.6. The highest BCUT2D eigenvalue weighted by Gasteiger charge is 2.13. The highest BCUT2D eigenvalue weighted by molar-refractivity contribution is 5.44. The minimum Gasteiger partial charge on any atom is -0.507 e. The highest BCUT2D eigenvalue weighted by Crippen LogP contribution is 2.25. The summed E-state index contributed by atoms with van der Waals surface area (Å²) in [6.07, 6.45) is 0. The molecule has 0 aliphatic heterocycles. The number of aromatic hydroxyl groups is 1. The number of hydrogen-bond donors (Lipinski definition) is 4. The van der Waals surface area contributed by atoms with E-state index in [9.17, 15) is 5.11 Å². The van der Waals surface area contributed by atoms with E-state index >= 15 is 0 Å². The van der Waals surface area contributed by atoms with Crippen LogP contribution in [0.15, 0.2) is 12.1 Å². The SMILES string of the molecule is CC(CNCc1cc(CNCC(C)N(C)C)c(O)c(CNCC(C)N(C)C)c1)N(C)C. The first-order valence-corrected chi connectivity index (χ1v) is 11.5. The lowest BCUT2D eigenvalue weighted by Gasteiger charge is -2.22. The molecule has 7 nitrogen and oxygen atoms in total. The Bertz CT molecular complexity index is 593. The number of benzene rings is 1. The molecule has 180 valence electrons. The average molecular weight is 437 g/mol. The van der Waals surface area contributed by atoms with E-state index in [0.717, 1.165) is 37.3 Å². The third kappa shape index (κ3) is 10.3. The summed E-state index contributed by atoms with van der Waals surface area (Å²) in [7, 11) is 12.5. The van der Waals surface area contributed by atoms with E-state index in [0.29, 0.717) is 37.0 Å². The van der Waals surface area contributed by atoms with E-state index < -0.39 is 0 Å². The summed E-state index contributed by atoms with van der Waals surface area (Å²) in [5.74, 6) is 0.403. The van der Waals surface area contributed by atoms with Gasteiger partial charge in [-0.05, 0) is 80.8 Å². The molecule has 7 heteroatoms. The van der Waals surface area contributed by atoms with Crippen LogP contribution in [0.2, 0.25) is 0 Å². The van der Waals surface area contributed by atoms with Crippen molar-refractivity contribution in [2.45, 2.75) is 58.5 Å². The fourth-order valence-electron chi connectivity index (χ4n) is 3.01. The van der Waals surface area contributed by atoms with Crippen LogP contribution >= 0.6 is 0 Å². The summed E-state index contributed by atoms with van der Waals surface area (Å²) in [4.78, 5) is 6.60. The molecule has 0 fully saturated rings. The Morgan fingerprint density at radius 2 is 0.968 bits per heavy atom. The molecule has 0 saturated carbocycles. The monoisotopic (exact) mass is 436 g/mol. The smallest absolute Gasteiger partial charge is 0.124 e. The van der Waals surface area contributed by atoms with Crippen LogP contribution in [0.4, 0.5) is 0 Å². The van der Waals surface area contributed by atoms with Crippen LogP contribution < -0.4 is 16.0 Å². The molecule has 0 bridgehead atoms. The zero-order valence-corrected chi connectivity index (χ0v) is 21.4. The van der Waals surface area contributed by atoms with Crippen LogP contribution in [0.1, 0.15) is 37.5 Å². The van der Waals surface area contributed by atoms with Crippen LogP contribution in [0, 0.1) is 0 Å². The van der Waals surface area contributed by atoms with Gasteiger partial charge in [0.1, 0.15) is 5.75 Å². The molecular weight excluding hydrogens is 388 g/mol. The van der Waals surface area contributed by atoms with Gasteiger partial charge in [0.25, 0.3) is 0 Å². The average Bonchev–Trinajstić information content (AvgIpc) is 2.70. The quantitative estimate of drug-likeness (QED) is 0.332. The fourth-order valence-corrected chi connectivity index (χ4v) is 3.01. The number of phenols is 1. The molecule has 0 radical (unpaired) electrons. The molecular formula is C24H48N6O. The minimum absolute atomic E-state index is 0.403. The molecule has 4 N–H and O–H groups in total. The first kappa shape index (κ1) is 27.8. The second kappa shape index (κ2) is 14.0. The normalized spacial score (nSPS) is 15.1. The molecule has 31 heavy (non-hydrogen) atoms. The Balaban J connectivity index is 2.86. The predicted octanol–water partition coefficient (Wildman–Crippen LogP) is 1.51. The molecule has 1 aromatic carbocycles. The van der Waals surface area contributed by atoms with Crippen molar-refractivity contribution < 1.29 is 5.11 Å². The molecule has 1 rings (SSSR count). The van der Waals surface area contributed by atoms with Crippen molar-refractivity contribution in [1.82, 2.24) is 30.7 Å². The predicted molar refractivity (Wildman–Crippen MR) is 133 cm³/mol. The zero-order chi connectivity index (χ0) is 23.6. The Hall–Kier alpha value is -1.22. The van der Waals surface area contributed by atoms with E-state index in [4.69, 9.17) is 0 Å². The van der Waals surface area contributed by atoms with Gasteiger partial charge in [-0.15, -0.1) is 0 Å². The maximum atomic E-state index is 10.9. The molecule has 3 unspecified atom stereocenters. The van der Waals surface area contributed by atoms with Crippen molar-refractivity contribution in [3.05, 3.63) is 28.8 Å². The summed E-state index contributed by atoms with van der Waals surface area (Å²) in [6, 6.07) is 5.60. The van der Waals surface area contributed by atoms with Crippen molar-refractivity contribution in [2.75, 3.05) is 61.9 Å². The van der Waals surface area contributed by atoms with E-state index in [2.05, 4.69) is 106 Å². The molecule has 0 aromatic heterocycles. The lowest BCUT2D eigenvalue weighted by Crippen LogP contribution is -2.36. The van der Waals surface area contributed by atoms with Gasteiger partial charge in [0.05, 0.1) is 0 Å². The number of nitrogens with one attached hydrogen (secondary N) is 3. The molecule has 0 aliphatic carbocycles. The Morgan fingerprint density at radius 3 is 1.29 bits per heavy atom. The van der Waals surface area contributed by atoms with Gasteiger partial charge in [-0.3, -0.25) is 0 Å². The van der Waals surface area contributed by atoms with Gasteiger partial charge < -0.3 is 35.8 Å². The fraction of sp³-hybridized carbons (Fsp3) is 0.750. The van der Waals surface area contributed by atoms with Crippen molar-refractivity contribution in [3.8, 4) is 5.75 Å². The van der Waals surface area contributed by atoms with Gasteiger partial charge in [-0.1, -0.05) is 0 Å². The number of phenolic OH excluding ortho intramolecular Hbond substituents is 1. The van der Waals surface area contributed by atoms with Crippen molar-refractivity contribution >= 4 is 0 Å². The second-order valence-corrected chi connectivity index (χ2v) is 9.59. The third-order valence-electron chi connectivity index (χ3n) is 6.25. The lowest BCUT2D eigenvalue weighted by atomic mass is 10.0. The Labute approximate surface area is 191 Å². The zero-order valence-electron chi connectivity index (χ0n) is 21.4. The lowest BCUT2D eigenvalue weighted by molar-refractivity contribution is 0.301. The second-order valence-electron chi connectivity index (χ2n) is 9.59. The van der Waals surface area contributed by atoms with E-state index in [1.54, 1.807) is 0 Å². The molecule has 3 atom stereocenters. The number of nitrogens with zero attached hydrogens (tertiary/aromatic N) is 3. The van der Waals surface area contributed by atoms with Crippen LogP contribution in [-0.2, 0) is 19.6 Å². The molecule has 0 saturated heterocycles. The topological polar surface area (TPSA) is 66.0 Å². The summed E-state index contributed by atoms with van der Waals surface area (Å²) < 4.78 is 0. The molecule has 0 aliphatic rings. The molecule has 0 heterocycles. The molecule has 0 amide bonds. The van der Waals surface area contributed by atoms with Gasteiger partial charge in [0.2, 0.25) is 0 Å². The van der Waals surface area contributed by atoms with Crippen LogP contribution in [0.25, 0.3) is 0 Å². The minimum atomic E-state index is 0.403. The highest BCUT2D eigenvalue weighted by atomic mass is 16.3. The van der Waals surface area contributed by atoms with E-state index in [1.807, 2.05) is 0 Å². The maximum absolute atomic E-state index is 10.9. The van der Waals surface area contributed by atoms with Gasteiger partial charge >= 0.3 is 0 Å². The van der Waals surface area contributed by atoms with Crippen molar-refractivity contribution in [2.24, 2.45) is 0 Å². The Morgan fingerprint density at radius 1 is 0.645 bits per heavy atom. The number of likely N-dealkylation sites (N-methyl/N-ethyl adjacent to an activating group) is 3. The summed E-state index contributed by atoms with van der Waals surface area (Å²) in [5, 5.41) is 21.5. The van der Waals surface area contributed by atoms with Crippen LogP contribution in [0.5, 0.6) is 5.75 Å². The van der Waals surface area contributed by atoms with Gasteiger partial charge in [0.15, 0.2) is 0 Å². The van der Waals surface area contributed by atoms with Gasteiger partial charge in [0, 0.05) is 68.5 Å². The van der Waals surface area contributed by atoms with E-state index in [1.165, 1.54) is 5.56 Å². The summed E-state index contributed by atoms with van der Waals surface area (Å²) in [6.45, 7) is 11.4. The first-order valence-electron chi connectivity index (χ1n) is 11.5. The maximum Gasteiger partial charge on any atom is 0.124 e. The van der Waals surface area contributed by atoms with Crippen molar-refractivity contribution in [3.63, 3.8) is 0 Å². The molecule has 1 aromatic rings. The van der Waals surface area contributed by atoms with Gasteiger partial charge in [-0.2, -0.15) is 0 Å². The number of rotatable bonds is 15. The summed E-state index contributed by atoms with van der Waals surface area (Å²) >= 11 is 0. The van der Waals surface area contributed by atoms with Gasteiger partial charge in [-0.25, -0.2) is 0 Å². The first-order chi connectivity index (χ1) is 14.5. The van der Waals surface area contributed by atoms with E-state index in [-0.39, 0.29) is 0 Å².